The summed E-state index contributed by atoms with van der Waals surface area (Å²) in [5.74, 6) is -0.550. The summed E-state index contributed by atoms with van der Waals surface area (Å²) < 4.78 is 71.1. The molecule has 3 rings (SSSR count). The standard InChI is InChI=1S/C19H21F3N2O5S/c20-19(21,22)14-4-1-2-6-17(14)30(27,28)24-9-7-13(8-10-24)18(26)23-12-15(25)16-5-3-11-29-16/h1-6,11,13,15,25H,7-10,12H2,(H,23,26). The molecule has 1 amide bonds. The number of alkyl halides is 3. The van der Waals surface area contributed by atoms with Gasteiger partial charge in [-0.25, -0.2) is 8.42 Å². The van der Waals surface area contributed by atoms with Gasteiger partial charge >= 0.3 is 6.18 Å². The Morgan fingerprint density at radius 2 is 1.87 bits per heavy atom. The van der Waals surface area contributed by atoms with E-state index in [9.17, 15) is 31.5 Å². The van der Waals surface area contributed by atoms with Crippen molar-refractivity contribution in [2.45, 2.75) is 30.0 Å². The minimum Gasteiger partial charge on any atom is -0.467 e. The third-order valence-corrected chi connectivity index (χ3v) is 6.93. The van der Waals surface area contributed by atoms with Crippen molar-refractivity contribution in [3.8, 4) is 0 Å². The molecule has 0 spiro atoms. The summed E-state index contributed by atoms with van der Waals surface area (Å²) in [7, 11) is -4.35. The number of nitrogens with zero attached hydrogens (tertiary/aromatic N) is 1. The second-order valence-electron chi connectivity index (χ2n) is 6.95. The Labute approximate surface area is 171 Å². The molecular weight excluding hydrogens is 425 g/mol. The molecule has 1 aliphatic heterocycles. The second-order valence-corrected chi connectivity index (χ2v) is 8.86. The number of aliphatic hydroxyl groups excluding tert-OH is 1. The predicted octanol–water partition coefficient (Wildman–Crippen LogP) is 2.55. The van der Waals surface area contributed by atoms with E-state index in [0.717, 1.165) is 22.5 Å². The van der Waals surface area contributed by atoms with E-state index in [1.165, 1.54) is 12.3 Å². The molecule has 1 aromatic heterocycles. The minimum absolute atomic E-state index is 0.0657. The third-order valence-electron chi connectivity index (χ3n) is 4.98. The first kappa shape index (κ1) is 22.3. The highest BCUT2D eigenvalue weighted by molar-refractivity contribution is 7.89. The van der Waals surface area contributed by atoms with Gasteiger partial charge in [-0.05, 0) is 37.1 Å². The highest BCUT2D eigenvalue weighted by Gasteiger charge is 2.40. The Kier molecular flexibility index (Phi) is 6.53. The Bertz CT molecular complexity index is 968. The maximum absolute atomic E-state index is 13.2. The molecule has 2 heterocycles. The fraction of sp³-hybridized carbons (Fsp3) is 0.421. The zero-order valence-corrected chi connectivity index (χ0v) is 16.6. The number of piperidine rings is 1. The lowest BCUT2D eigenvalue weighted by Crippen LogP contribution is -2.43. The van der Waals surface area contributed by atoms with Gasteiger partial charge in [0, 0.05) is 19.0 Å². The van der Waals surface area contributed by atoms with Crippen LogP contribution in [0.1, 0.15) is 30.3 Å². The number of hydrogen-bond acceptors (Lipinski definition) is 5. The van der Waals surface area contributed by atoms with E-state index >= 15 is 0 Å². The van der Waals surface area contributed by atoms with Crippen molar-refractivity contribution in [1.29, 1.82) is 0 Å². The number of sulfonamides is 1. The number of aliphatic hydroxyl groups is 1. The second kappa shape index (κ2) is 8.78. The van der Waals surface area contributed by atoms with Gasteiger partial charge in [-0.2, -0.15) is 17.5 Å². The lowest BCUT2D eigenvalue weighted by Gasteiger charge is -2.31. The first-order valence-corrected chi connectivity index (χ1v) is 10.7. The van der Waals surface area contributed by atoms with Crippen LogP contribution >= 0.6 is 0 Å². The molecule has 0 bridgehead atoms. The van der Waals surface area contributed by atoms with Gasteiger partial charge in [0.05, 0.1) is 23.3 Å². The van der Waals surface area contributed by atoms with Gasteiger partial charge in [0.25, 0.3) is 0 Å². The normalized spacial score (nSPS) is 17.6. The van der Waals surface area contributed by atoms with Crippen molar-refractivity contribution in [2.24, 2.45) is 5.92 Å². The van der Waals surface area contributed by atoms with Gasteiger partial charge in [-0.1, -0.05) is 12.1 Å². The van der Waals surface area contributed by atoms with Crippen LogP contribution in [0.5, 0.6) is 0 Å². The molecule has 7 nitrogen and oxygen atoms in total. The Balaban J connectivity index is 1.60. The van der Waals surface area contributed by atoms with Gasteiger partial charge < -0.3 is 14.8 Å². The third kappa shape index (κ3) is 4.85. The molecule has 2 aromatic rings. The van der Waals surface area contributed by atoms with Crippen LogP contribution in [-0.4, -0.2) is 43.4 Å². The molecule has 11 heteroatoms. The molecule has 0 aliphatic carbocycles. The summed E-state index contributed by atoms with van der Waals surface area (Å²) in [5.41, 5.74) is -1.21. The summed E-state index contributed by atoms with van der Waals surface area (Å²) in [6.07, 6.45) is -4.08. The van der Waals surface area contributed by atoms with Crippen LogP contribution in [0.15, 0.2) is 52.0 Å². The van der Waals surface area contributed by atoms with E-state index in [-0.39, 0.29) is 38.4 Å². The number of amides is 1. The molecule has 164 valence electrons. The topological polar surface area (TPSA) is 99.8 Å². The Morgan fingerprint density at radius 1 is 1.20 bits per heavy atom. The maximum atomic E-state index is 13.2. The molecule has 0 saturated carbocycles. The monoisotopic (exact) mass is 446 g/mol. The largest absolute Gasteiger partial charge is 0.467 e. The molecule has 1 atom stereocenters. The van der Waals surface area contributed by atoms with Crippen molar-refractivity contribution >= 4 is 15.9 Å². The van der Waals surface area contributed by atoms with Crippen molar-refractivity contribution in [3.63, 3.8) is 0 Å². The summed E-state index contributed by atoms with van der Waals surface area (Å²) in [4.78, 5) is 11.5. The van der Waals surface area contributed by atoms with Crippen LogP contribution < -0.4 is 5.32 Å². The van der Waals surface area contributed by atoms with Crippen LogP contribution in [0.4, 0.5) is 13.2 Å². The highest BCUT2D eigenvalue weighted by Crippen LogP contribution is 2.36. The van der Waals surface area contributed by atoms with E-state index in [0.29, 0.717) is 5.76 Å². The van der Waals surface area contributed by atoms with E-state index < -0.39 is 38.7 Å². The number of carbonyl (C=O) groups is 1. The predicted molar refractivity (Wildman–Crippen MR) is 99.6 cm³/mol. The lowest BCUT2D eigenvalue weighted by molar-refractivity contribution is -0.139. The summed E-state index contributed by atoms with van der Waals surface area (Å²) in [5, 5.41) is 12.5. The van der Waals surface area contributed by atoms with Gasteiger partial charge in [-0.3, -0.25) is 4.79 Å². The number of carbonyl (C=O) groups excluding carboxylic acids is 1. The maximum Gasteiger partial charge on any atom is 0.417 e. The van der Waals surface area contributed by atoms with E-state index in [1.807, 2.05) is 0 Å². The van der Waals surface area contributed by atoms with Crippen molar-refractivity contribution in [1.82, 2.24) is 9.62 Å². The molecule has 1 unspecified atom stereocenters. The zero-order valence-electron chi connectivity index (χ0n) is 15.8. The van der Waals surface area contributed by atoms with Crippen LogP contribution in [0.2, 0.25) is 0 Å². The number of benzene rings is 1. The van der Waals surface area contributed by atoms with Gasteiger partial charge in [0.2, 0.25) is 15.9 Å². The number of rotatable bonds is 6. The van der Waals surface area contributed by atoms with Crippen LogP contribution in [0.3, 0.4) is 0 Å². The fourth-order valence-electron chi connectivity index (χ4n) is 3.35. The number of nitrogens with one attached hydrogen (secondary N) is 1. The molecule has 1 aromatic carbocycles. The smallest absolute Gasteiger partial charge is 0.417 e. The number of hydrogen-bond donors (Lipinski definition) is 2. The molecule has 2 N–H and O–H groups in total. The molecule has 0 radical (unpaired) electrons. The average Bonchev–Trinajstić information content (AvgIpc) is 3.26. The van der Waals surface area contributed by atoms with Crippen LogP contribution in [0.25, 0.3) is 0 Å². The lowest BCUT2D eigenvalue weighted by atomic mass is 9.97. The molecule has 1 saturated heterocycles. The Morgan fingerprint density at radius 3 is 2.47 bits per heavy atom. The highest BCUT2D eigenvalue weighted by atomic mass is 32.2. The van der Waals surface area contributed by atoms with Crippen molar-refractivity contribution < 1.29 is 35.9 Å². The summed E-state index contributed by atoms with van der Waals surface area (Å²) in [6.45, 7) is -0.218. The fourth-order valence-corrected chi connectivity index (χ4v) is 5.03. The minimum atomic E-state index is -4.79. The summed E-state index contributed by atoms with van der Waals surface area (Å²) >= 11 is 0. The van der Waals surface area contributed by atoms with Crippen LogP contribution in [0, 0.1) is 5.92 Å². The molecule has 1 aliphatic rings. The number of halogens is 3. The number of furan rings is 1. The molecular formula is C19H21F3N2O5S. The van der Waals surface area contributed by atoms with Gasteiger partial charge in [-0.15, -0.1) is 0 Å². The quantitative estimate of drug-likeness (QED) is 0.711. The zero-order chi connectivity index (χ0) is 21.9. The molecule has 30 heavy (non-hydrogen) atoms. The SMILES string of the molecule is O=C(NCC(O)c1ccco1)C1CCN(S(=O)(=O)c2ccccc2C(F)(F)F)CC1. The van der Waals surface area contributed by atoms with Gasteiger partial charge in [0.1, 0.15) is 11.9 Å². The Hall–Kier alpha value is -2.37. The summed E-state index contributed by atoms with van der Waals surface area (Å²) in [6, 6.07) is 7.22. The van der Waals surface area contributed by atoms with Crippen molar-refractivity contribution in [3.05, 3.63) is 54.0 Å². The van der Waals surface area contributed by atoms with Crippen molar-refractivity contribution in [2.75, 3.05) is 19.6 Å². The average molecular weight is 446 g/mol. The van der Waals surface area contributed by atoms with Crippen LogP contribution in [-0.2, 0) is 21.0 Å². The first-order valence-electron chi connectivity index (χ1n) is 9.26. The van der Waals surface area contributed by atoms with Gasteiger partial charge in [0.15, 0.2) is 0 Å². The first-order chi connectivity index (χ1) is 14.1. The molecule has 1 fully saturated rings. The van der Waals surface area contributed by atoms with E-state index in [2.05, 4.69) is 5.32 Å². The van der Waals surface area contributed by atoms with E-state index in [1.54, 1.807) is 12.1 Å². The van der Waals surface area contributed by atoms with E-state index in [4.69, 9.17) is 4.42 Å².